The van der Waals surface area contributed by atoms with E-state index in [9.17, 15) is 19.5 Å². The quantitative estimate of drug-likeness (QED) is 0.228. The first-order chi connectivity index (χ1) is 29.3. The summed E-state index contributed by atoms with van der Waals surface area (Å²) in [6.07, 6.45) is 5.81. The zero-order valence-electron chi connectivity index (χ0n) is 34.1. The number of nitrogens with zero attached hydrogens (tertiary/aromatic N) is 4. The third-order valence-corrected chi connectivity index (χ3v) is 14.8. The van der Waals surface area contributed by atoms with Crippen molar-refractivity contribution in [2.75, 3.05) is 62.3 Å². The highest BCUT2D eigenvalue weighted by Crippen LogP contribution is 2.48. The summed E-state index contributed by atoms with van der Waals surface area (Å²) in [6.45, 7) is 7.52. The van der Waals surface area contributed by atoms with Crippen LogP contribution in [0.4, 0.5) is 11.4 Å². The molecule has 0 saturated carbocycles. The van der Waals surface area contributed by atoms with Crippen molar-refractivity contribution in [3.8, 4) is 11.5 Å². The van der Waals surface area contributed by atoms with Crippen molar-refractivity contribution < 1.29 is 29.0 Å². The molecule has 0 radical (unpaired) electrons. The summed E-state index contributed by atoms with van der Waals surface area (Å²) in [5.41, 5.74) is 9.07. The molecule has 4 aromatic carbocycles. The minimum absolute atomic E-state index is 0.0460. The highest BCUT2D eigenvalue weighted by Gasteiger charge is 2.45. The van der Waals surface area contributed by atoms with Gasteiger partial charge in [-0.25, -0.2) is 0 Å². The topological polar surface area (TPSA) is 115 Å². The van der Waals surface area contributed by atoms with Crippen LogP contribution in [0, 0.1) is 5.92 Å². The number of aryl methyl sites for hydroxylation is 1. The number of imide groups is 1. The van der Waals surface area contributed by atoms with Crippen LogP contribution >= 0.6 is 0 Å². The first-order valence-corrected chi connectivity index (χ1v) is 22.1. The number of ether oxygens (including phenoxy) is 2. The first kappa shape index (κ1) is 37.6. The lowest BCUT2D eigenvalue weighted by Crippen LogP contribution is -2.58. The summed E-state index contributed by atoms with van der Waals surface area (Å²) >= 11 is 0. The third-order valence-electron chi connectivity index (χ3n) is 14.8. The Bertz CT molecular complexity index is 2330. The summed E-state index contributed by atoms with van der Waals surface area (Å²) in [5, 5.41) is 12.7. The van der Waals surface area contributed by atoms with Crippen LogP contribution in [0.2, 0.25) is 0 Å². The summed E-state index contributed by atoms with van der Waals surface area (Å²) < 4.78 is 13.0. The Hall–Kier alpha value is -5.39. The highest BCUT2D eigenvalue weighted by atomic mass is 16.5. The molecule has 1 spiro atoms. The number of hydrogen-bond acceptors (Lipinski definition) is 9. The maximum absolute atomic E-state index is 13.4. The van der Waals surface area contributed by atoms with Crippen LogP contribution in [0.3, 0.4) is 0 Å². The number of piperazine rings is 1. The lowest BCUT2D eigenvalue weighted by atomic mass is 9.69. The van der Waals surface area contributed by atoms with Crippen LogP contribution in [0.15, 0.2) is 84.9 Å². The van der Waals surface area contributed by atoms with Gasteiger partial charge in [0.25, 0.3) is 5.91 Å². The summed E-state index contributed by atoms with van der Waals surface area (Å²) in [7, 11) is 0. The van der Waals surface area contributed by atoms with Crippen molar-refractivity contribution in [2.24, 2.45) is 5.92 Å². The number of carbonyl (C=O) groups excluding carboxylic acids is 3. The SMILES string of the molecule is O=C1CCC(N2Cc3cc4c(cc3C2=O)OC[C@@H]2CN(CC3COC5(CCN(c6ccc([C@@H]7c8ccc(O)cc8CC[C@@H]7c7ccccc7)cc6)CC5)C3)CCN42)C(=O)N1. The Morgan fingerprint density at radius 2 is 1.63 bits per heavy atom. The third kappa shape index (κ3) is 6.70. The fraction of sp³-hybridized carbons (Fsp3) is 0.449. The van der Waals surface area contributed by atoms with Crippen molar-refractivity contribution in [2.45, 2.75) is 81.0 Å². The fourth-order valence-corrected chi connectivity index (χ4v) is 11.8. The van der Waals surface area contributed by atoms with Gasteiger partial charge in [-0.1, -0.05) is 48.5 Å². The van der Waals surface area contributed by atoms with Crippen LogP contribution in [0.1, 0.15) is 88.5 Å². The van der Waals surface area contributed by atoms with Gasteiger partial charge < -0.3 is 29.3 Å². The molecule has 310 valence electrons. The summed E-state index contributed by atoms with van der Waals surface area (Å²) in [6, 6.07) is 29.7. The molecule has 3 amide bonds. The molecule has 0 bridgehead atoms. The monoisotopic (exact) mass is 807 g/mol. The second-order valence-corrected chi connectivity index (χ2v) is 18.4. The first-order valence-electron chi connectivity index (χ1n) is 22.1. The number of rotatable bonds is 6. The smallest absolute Gasteiger partial charge is 0.255 e. The fourth-order valence-electron chi connectivity index (χ4n) is 11.8. The molecule has 11 rings (SSSR count). The minimum atomic E-state index is -0.626. The number of fused-ring (bicyclic) bond motifs is 5. The molecule has 4 fully saturated rings. The van der Waals surface area contributed by atoms with E-state index in [0.29, 0.717) is 42.7 Å². The average molecular weight is 808 g/mol. The van der Waals surface area contributed by atoms with E-state index in [1.54, 1.807) is 4.90 Å². The van der Waals surface area contributed by atoms with Crippen molar-refractivity contribution in [3.05, 3.63) is 118 Å². The number of aromatic hydroxyl groups is 1. The Morgan fingerprint density at radius 1 is 0.800 bits per heavy atom. The second kappa shape index (κ2) is 15.0. The number of carbonyl (C=O) groups is 3. The highest BCUT2D eigenvalue weighted by molar-refractivity contribution is 6.06. The van der Waals surface area contributed by atoms with Gasteiger partial charge in [0, 0.05) is 69.4 Å². The average Bonchev–Trinajstić information content (AvgIpc) is 3.81. The second-order valence-electron chi connectivity index (χ2n) is 18.4. The molecule has 11 nitrogen and oxygen atoms in total. The molecule has 1 aliphatic carbocycles. The van der Waals surface area contributed by atoms with E-state index < -0.39 is 11.9 Å². The summed E-state index contributed by atoms with van der Waals surface area (Å²) in [5.74, 6) is 1.38. The normalized spacial score (nSPS) is 27.2. The maximum atomic E-state index is 13.4. The van der Waals surface area contributed by atoms with Gasteiger partial charge in [0.1, 0.15) is 24.1 Å². The van der Waals surface area contributed by atoms with Gasteiger partial charge in [-0.3, -0.25) is 24.6 Å². The van der Waals surface area contributed by atoms with Gasteiger partial charge in [-0.2, -0.15) is 0 Å². The molecule has 11 heteroatoms. The number of piperidine rings is 2. The molecule has 4 aromatic rings. The maximum Gasteiger partial charge on any atom is 0.255 e. The number of amides is 3. The predicted molar refractivity (Wildman–Crippen MR) is 228 cm³/mol. The van der Waals surface area contributed by atoms with Gasteiger partial charge in [0.05, 0.1) is 23.9 Å². The number of phenols is 1. The van der Waals surface area contributed by atoms with E-state index in [2.05, 4.69) is 86.7 Å². The van der Waals surface area contributed by atoms with Crippen LogP contribution in [0.5, 0.6) is 11.5 Å². The van der Waals surface area contributed by atoms with E-state index in [1.165, 1.54) is 27.9 Å². The molecule has 6 heterocycles. The Kier molecular flexibility index (Phi) is 9.37. The standard InChI is InChI=1S/C49H53N5O6/c55-38-11-13-40-34(22-38)8-12-39(32-4-2-1-3-5-32)46(40)33-6-9-36(10-7-33)52-18-16-49(17-19-52)25-31(29-60-49)26-51-20-21-53-37(28-51)30-59-44-24-41-35(23-43(44)53)27-54(48(41)58)42-14-15-45(56)50-47(42)57/h1-7,9-11,13,22-24,31,37,39,42,46,55H,8,12,14-21,25-30H2,(H,50,56,57)/t31?,37-,39+,42?,46-/m0/s1. The molecule has 2 unspecified atom stereocenters. The van der Waals surface area contributed by atoms with Gasteiger partial charge >= 0.3 is 0 Å². The number of benzene rings is 4. The Morgan fingerprint density at radius 3 is 2.45 bits per heavy atom. The van der Waals surface area contributed by atoms with Crippen LogP contribution in [-0.4, -0.2) is 103 Å². The Balaban J connectivity index is 0.699. The molecule has 6 aliphatic heterocycles. The van der Waals surface area contributed by atoms with Gasteiger partial charge in [0.2, 0.25) is 11.8 Å². The predicted octanol–water partition coefficient (Wildman–Crippen LogP) is 5.97. The zero-order chi connectivity index (χ0) is 40.5. The molecule has 5 atom stereocenters. The van der Waals surface area contributed by atoms with Gasteiger partial charge in [0.15, 0.2) is 0 Å². The molecule has 7 aliphatic rings. The van der Waals surface area contributed by atoms with E-state index in [1.807, 2.05) is 18.2 Å². The zero-order valence-corrected chi connectivity index (χ0v) is 34.1. The Labute approximate surface area is 351 Å². The molecule has 60 heavy (non-hydrogen) atoms. The van der Waals surface area contributed by atoms with Crippen LogP contribution < -0.4 is 19.9 Å². The number of anilines is 2. The van der Waals surface area contributed by atoms with Crippen LogP contribution in [-0.2, 0) is 27.3 Å². The van der Waals surface area contributed by atoms with Gasteiger partial charge in [-0.05, 0) is 115 Å². The molecule has 2 N–H and O–H groups in total. The molecular formula is C49H53N5O6. The molecule has 0 aromatic heterocycles. The number of phenolic OH excluding ortho intramolecular Hbond substituents is 1. The lowest BCUT2D eigenvalue weighted by Gasteiger charge is -2.46. The van der Waals surface area contributed by atoms with E-state index in [-0.39, 0.29) is 35.8 Å². The van der Waals surface area contributed by atoms with E-state index >= 15 is 0 Å². The minimum Gasteiger partial charge on any atom is -0.508 e. The van der Waals surface area contributed by atoms with Gasteiger partial charge in [-0.15, -0.1) is 0 Å². The molecular weight excluding hydrogens is 755 g/mol. The van der Waals surface area contributed by atoms with Crippen molar-refractivity contribution in [3.63, 3.8) is 0 Å². The number of nitrogens with one attached hydrogen (secondary N) is 1. The molecule has 4 saturated heterocycles. The number of hydrogen-bond donors (Lipinski definition) is 2. The van der Waals surface area contributed by atoms with Crippen molar-refractivity contribution >= 4 is 29.1 Å². The van der Waals surface area contributed by atoms with Crippen LogP contribution in [0.25, 0.3) is 0 Å². The lowest BCUT2D eigenvalue weighted by molar-refractivity contribution is -0.136. The summed E-state index contributed by atoms with van der Waals surface area (Å²) in [4.78, 5) is 46.9. The van der Waals surface area contributed by atoms with E-state index in [0.717, 1.165) is 95.0 Å². The van der Waals surface area contributed by atoms with E-state index in [4.69, 9.17) is 9.47 Å². The largest absolute Gasteiger partial charge is 0.508 e. The van der Waals surface area contributed by atoms with Crippen molar-refractivity contribution in [1.29, 1.82) is 0 Å². The van der Waals surface area contributed by atoms with Crippen molar-refractivity contribution in [1.82, 2.24) is 15.1 Å².